The quantitative estimate of drug-likeness (QED) is 0.242. The van der Waals surface area contributed by atoms with Gasteiger partial charge < -0.3 is 30.6 Å². The summed E-state index contributed by atoms with van der Waals surface area (Å²) in [5.74, 6) is 13.1. The van der Waals surface area contributed by atoms with Crippen LogP contribution in [0.15, 0.2) is 36.7 Å². The molecule has 0 aliphatic carbocycles. The Kier molecular flexibility index (Phi) is 13.4. The maximum Gasteiger partial charge on any atom is 0.405 e. The fraction of sp³-hybridized carbons (Fsp3) is 0.400. The van der Waals surface area contributed by atoms with Gasteiger partial charge >= 0.3 is 6.09 Å². The summed E-state index contributed by atoms with van der Waals surface area (Å²) in [6, 6.07) is 7.06. The van der Waals surface area contributed by atoms with Crippen molar-refractivity contribution in [2.75, 3.05) is 13.1 Å². The molecule has 230 valence electrons. The van der Waals surface area contributed by atoms with Crippen LogP contribution in [0, 0.1) is 29.6 Å². The number of carbonyl (C=O) groups excluding carboxylic acids is 1. The van der Waals surface area contributed by atoms with E-state index in [0.717, 1.165) is 60.6 Å². The molecule has 43 heavy (non-hydrogen) atoms. The highest BCUT2D eigenvalue weighted by atomic mass is 35.5. The van der Waals surface area contributed by atoms with E-state index in [4.69, 9.17) is 0 Å². The molecule has 5 rings (SSSR count). The van der Waals surface area contributed by atoms with Crippen LogP contribution < -0.4 is 10.6 Å². The van der Waals surface area contributed by atoms with E-state index in [1.54, 1.807) is 17.3 Å². The zero-order valence-electron chi connectivity index (χ0n) is 23.8. The first-order valence-corrected chi connectivity index (χ1v) is 13.6. The number of likely N-dealkylation sites (tertiary alicyclic amines) is 1. The van der Waals surface area contributed by atoms with E-state index in [2.05, 4.69) is 54.3 Å². The second-order valence-electron chi connectivity index (χ2n) is 10.5. The molecular weight excluding hydrogens is 613 g/mol. The lowest BCUT2D eigenvalue weighted by Gasteiger charge is -2.29. The minimum Gasteiger partial charge on any atom is -0.465 e. The Morgan fingerprint density at radius 1 is 0.977 bits per heavy atom. The Morgan fingerprint density at radius 3 is 2.37 bits per heavy atom. The lowest BCUT2D eigenvalue weighted by Crippen LogP contribution is -2.50. The number of imidazole rings is 2. The van der Waals surface area contributed by atoms with Gasteiger partial charge in [0, 0.05) is 12.1 Å². The van der Waals surface area contributed by atoms with Crippen molar-refractivity contribution in [1.29, 1.82) is 0 Å². The molecule has 0 spiro atoms. The summed E-state index contributed by atoms with van der Waals surface area (Å²) in [4.78, 5) is 41.8. The highest BCUT2D eigenvalue weighted by molar-refractivity contribution is 5.86. The van der Waals surface area contributed by atoms with Gasteiger partial charge in [-0.2, -0.15) is 0 Å². The van der Waals surface area contributed by atoms with Crippen LogP contribution in [0.3, 0.4) is 0 Å². The first kappa shape index (κ1) is 35.5. The van der Waals surface area contributed by atoms with E-state index in [1.165, 1.54) is 0 Å². The number of hydrogen-bond donors (Lipinski definition) is 5. The van der Waals surface area contributed by atoms with Gasteiger partial charge in [0.25, 0.3) is 0 Å². The molecule has 2 fully saturated rings. The standard InChI is InChI=1S/C30H33N7O3.3ClH/c1-19(2)26(36-30(39)40)29(38)37-16-6-10-25(37)28-33-18-24(35-28)21-13-11-20(12-14-21)7-3-4-8-22-17-32-27(34-22)23-9-5-15-31-23;;;/h11-14,17-19,23,25-26,31,36H,5-6,9-10,15-16H2,1-2H3,(H,32,34)(H,33,35)(H,39,40);3*1H/t23-,25-,26-;;;/m0.../s1. The van der Waals surface area contributed by atoms with Gasteiger partial charge in [0.15, 0.2) is 0 Å². The fourth-order valence-corrected chi connectivity index (χ4v) is 5.22. The normalized spacial score (nSPS) is 17.7. The lowest BCUT2D eigenvalue weighted by molar-refractivity contribution is -0.135. The van der Waals surface area contributed by atoms with Gasteiger partial charge in [0.2, 0.25) is 5.91 Å². The number of H-pyrrole nitrogens is 2. The third kappa shape index (κ3) is 8.68. The molecule has 3 aromatic rings. The first-order chi connectivity index (χ1) is 19.4. The van der Waals surface area contributed by atoms with Crippen molar-refractivity contribution in [3.05, 3.63) is 59.6 Å². The van der Waals surface area contributed by atoms with Gasteiger partial charge in [0.05, 0.1) is 30.2 Å². The highest BCUT2D eigenvalue weighted by Gasteiger charge is 2.37. The molecule has 2 saturated heterocycles. The monoisotopic (exact) mass is 647 g/mol. The second-order valence-corrected chi connectivity index (χ2v) is 10.5. The van der Waals surface area contributed by atoms with Crippen molar-refractivity contribution in [3.63, 3.8) is 0 Å². The molecule has 3 atom stereocenters. The number of nitrogens with one attached hydrogen (secondary N) is 4. The van der Waals surface area contributed by atoms with Crippen LogP contribution in [0.4, 0.5) is 4.79 Å². The smallest absolute Gasteiger partial charge is 0.405 e. The molecule has 13 heteroatoms. The van der Waals surface area contributed by atoms with Crippen molar-refractivity contribution < 1.29 is 14.7 Å². The minimum absolute atomic E-state index is 0. The van der Waals surface area contributed by atoms with Gasteiger partial charge in [-0.1, -0.05) is 31.9 Å². The first-order valence-electron chi connectivity index (χ1n) is 13.6. The van der Waals surface area contributed by atoms with Gasteiger partial charge in [-0.25, -0.2) is 14.8 Å². The zero-order valence-corrected chi connectivity index (χ0v) is 26.3. The van der Waals surface area contributed by atoms with E-state index < -0.39 is 12.1 Å². The summed E-state index contributed by atoms with van der Waals surface area (Å²) < 4.78 is 0. The van der Waals surface area contributed by atoms with Crippen LogP contribution in [0.25, 0.3) is 11.3 Å². The van der Waals surface area contributed by atoms with Gasteiger partial charge in [-0.05, 0) is 73.6 Å². The largest absolute Gasteiger partial charge is 0.465 e. The number of nitrogens with zero attached hydrogens (tertiary/aromatic N) is 3. The number of hydrogen-bond acceptors (Lipinski definition) is 5. The summed E-state index contributed by atoms with van der Waals surface area (Å²) in [5, 5.41) is 15.0. The average Bonchev–Trinajstić information content (AvgIpc) is 3.75. The second kappa shape index (κ2) is 16.3. The Bertz CT molecular complexity index is 1490. The molecule has 1 aromatic carbocycles. The molecule has 10 nitrogen and oxygen atoms in total. The summed E-state index contributed by atoms with van der Waals surface area (Å²) in [6.07, 6.45) is 6.15. The van der Waals surface area contributed by atoms with E-state index in [-0.39, 0.29) is 61.1 Å². The van der Waals surface area contributed by atoms with Crippen molar-refractivity contribution in [3.8, 4) is 34.9 Å². The maximum absolute atomic E-state index is 13.2. The van der Waals surface area contributed by atoms with Gasteiger partial charge in [0.1, 0.15) is 23.4 Å². The number of benzene rings is 1. The topological polar surface area (TPSA) is 139 Å². The van der Waals surface area contributed by atoms with E-state index >= 15 is 0 Å². The predicted octanol–water partition coefficient (Wildman–Crippen LogP) is 4.85. The molecule has 0 unspecified atom stereocenters. The van der Waals surface area contributed by atoms with Crippen molar-refractivity contribution in [2.24, 2.45) is 5.92 Å². The van der Waals surface area contributed by atoms with Gasteiger partial charge in [-0.15, -0.1) is 37.2 Å². The maximum atomic E-state index is 13.2. The van der Waals surface area contributed by atoms with Crippen LogP contribution in [0.2, 0.25) is 0 Å². The highest BCUT2D eigenvalue weighted by Crippen LogP contribution is 2.32. The van der Waals surface area contributed by atoms with Crippen LogP contribution in [0.5, 0.6) is 0 Å². The van der Waals surface area contributed by atoms with E-state index in [0.29, 0.717) is 12.4 Å². The van der Waals surface area contributed by atoms with Crippen molar-refractivity contribution >= 4 is 49.2 Å². The average molecular weight is 649 g/mol. The van der Waals surface area contributed by atoms with Crippen LogP contribution in [0.1, 0.15) is 74.5 Å². The molecule has 2 aromatic heterocycles. The number of rotatable bonds is 6. The lowest BCUT2D eigenvalue weighted by atomic mass is 10.0. The number of halogens is 3. The van der Waals surface area contributed by atoms with Crippen LogP contribution >= 0.6 is 37.2 Å². The van der Waals surface area contributed by atoms with Crippen molar-refractivity contribution in [1.82, 2.24) is 35.5 Å². The third-order valence-electron chi connectivity index (χ3n) is 7.31. The molecule has 0 bridgehead atoms. The number of carboxylic acid groups (broad SMARTS) is 1. The van der Waals surface area contributed by atoms with Crippen LogP contribution in [-0.2, 0) is 4.79 Å². The number of aromatic nitrogens is 4. The van der Waals surface area contributed by atoms with Crippen molar-refractivity contribution in [2.45, 2.75) is 57.7 Å². The molecule has 5 N–H and O–H groups in total. The molecule has 2 aliphatic rings. The summed E-state index contributed by atoms with van der Waals surface area (Å²) >= 11 is 0. The molecular formula is C30H36Cl3N7O3. The molecule has 2 amide bonds. The molecule has 0 radical (unpaired) electrons. The SMILES string of the molecule is CC(C)[C@H](NC(=O)O)C(=O)N1CCC[C@H]1c1ncc(-c2ccc(C#CC#Cc3cnc([C@@H]4CCCN4)[nH]3)cc2)[nH]1.Cl.Cl.Cl. The number of carbonyl (C=O) groups is 2. The Balaban J connectivity index is 0.00000215. The Hall–Kier alpha value is -3.67. The molecule has 2 aliphatic heterocycles. The molecule has 4 heterocycles. The van der Waals surface area contributed by atoms with E-state index in [9.17, 15) is 14.7 Å². The number of amides is 2. The Morgan fingerprint density at radius 2 is 1.70 bits per heavy atom. The van der Waals surface area contributed by atoms with Gasteiger partial charge in [-0.3, -0.25) is 4.79 Å². The predicted molar refractivity (Wildman–Crippen MR) is 172 cm³/mol. The van der Waals surface area contributed by atoms with Crippen LogP contribution in [-0.4, -0.2) is 61.1 Å². The summed E-state index contributed by atoms with van der Waals surface area (Å²) in [6.45, 7) is 5.25. The molecule has 0 saturated carbocycles. The number of aromatic amines is 2. The zero-order chi connectivity index (χ0) is 28.1. The van der Waals surface area contributed by atoms with E-state index in [1.807, 2.05) is 38.1 Å². The fourth-order valence-electron chi connectivity index (χ4n) is 5.22. The Labute approximate surface area is 269 Å². The summed E-state index contributed by atoms with van der Waals surface area (Å²) in [5.41, 5.74) is 3.38. The summed E-state index contributed by atoms with van der Waals surface area (Å²) in [7, 11) is 0. The third-order valence-corrected chi connectivity index (χ3v) is 7.31. The minimum atomic E-state index is -1.20.